The number of halogens is 2. The fourth-order valence-corrected chi connectivity index (χ4v) is 1.55. The van der Waals surface area contributed by atoms with Crippen molar-refractivity contribution >= 4 is 30.8 Å². The number of allylic oxidation sites excluding steroid dienone is 2. The van der Waals surface area contributed by atoms with E-state index >= 15 is 0 Å². The van der Waals surface area contributed by atoms with E-state index in [1.807, 2.05) is 0 Å². The van der Waals surface area contributed by atoms with Gasteiger partial charge in [0.15, 0.2) is 0 Å². The molecule has 0 spiro atoms. The van der Waals surface area contributed by atoms with Crippen molar-refractivity contribution < 1.29 is 14.0 Å². The lowest BCUT2D eigenvalue weighted by atomic mass is 10.7. The Hall–Kier alpha value is 0.0500. The van der Waals surface area contributed by atoms with Gasteiger partial charge in [-0.15, -0.1) is 6.58 Å². The van der Waals surface area contributed by atoms with Crippen molar-refractivity contribution in [2.75, 3.05) is 6.16 Å². The highest BCUT2D eigenvalue weighted by Gasteiger charge is 2.19. The fraction of sp³-hybridized carbons (Fsp3) is 0.333. The van der Waals surface area contributed by atoms with Gasteiger partial charge in [-0.25, -0.2) is 4.57 Å². The van der Waals surface area contributed by atoms with Gasteiger partial charge >= 0.3 is 7.60 Å². The average molecular weight is 231 g/mol. The minimum absolute atomic E-state index is 0.0333. The zero-order valence-electron chi connectivity index (χ0n) is 6.46. The molecule has 0 saturated carbocycles. The van der Waals surface area contributed by atoms with Crippen molar-refractivity contribution in [1.29, 1.82) is 0 Å². The Morgan fingerprint density at radius 2 is 2.25 bits per heavy atom. The molecule has 0 aliphatic carbocycles. The first-order valence-corrected chi connectivity index (χ1v) is 5.55. The van der Waals surface area contributed by atoms with Crippen molar-refractivity contribution in [1.82, 2.24) is 0 Å². The van der Waals surface area contributed by atoms with Crippen LogP contribution >= 0.6 is 30.8 Å². The van der Waals surface area contributed by atoms with Crippen LogP contribution in [0, 0.1) is 0 Å². The van der Waals surface area contributed by atoms with Gasteiger partial charge in [0.05, 0.1) is 6.16 Å². The van der Waals surface area contributed by atoms with Gasteiger partial charge in [0.2, 0.25) is 0 Å². The van der Waals surface area contributed by atoms with Crippen LogP contribution in [0.5, 0.6) is 0 Å². The molecule has 0 heterocycles. The Kier molecular flexibility index (Phi) is 4.95. The number of rotatable bonds is 4. The molecule has 12 heavy (non-hydrogen) atoms. The Morgan fingerprint density at radius 1 is 1.75 bits per heavy atom. The minimum Gasteiger partial charge on any atom is -0.427 e. The fourth-order valence-electron chi connectivity index (χ4n) is 0.449. The second kappa shape index (κ2) is 4.93. The zero-order chi connectivity index (χ0) is 9.78. The Balaban J connectivity index is 4.35. The van der Waals surface area contributed by atoms with E-state index in [-0.39, 0.29) is 16.4 Å². The summed E-state index contributed by atoms with van der Waals surface area (Å²) in [5, 5.41) is 0. The third-order valence-corrected chi connectivity index (χ3v) is 2.72. The van der Waals surface area contributed by atoms with Crippen LogP contribution in [-0.2, 0) is 9.09 Å². The molecule has 0 aliphatic heterocycles. The largest absolute Gasteiger partial charge is 0.427 e. The quantitative estimate of drug-likeness (QED) is 0.459. The SMILES string of the molecule is C=CCP(=O)(O)OC(C)=C(Cl)Cl. The molecule has 1 unspecified atom stereocenters. The van der Waals surface area contributed by atoms with E-state index < -0.39 is 7.60 Å². The van der Waals surface area contributed by atoms with Crippen LogP contribution < -0.4 is 0 Å². The third-order valence-electron chi connectivity index (χ3n) is 0.906. The van der Waals surface area contributed by atoms with E-state index in [1.165, 1.54) is 13.0 Å². The van der Waals surface area contributed by atoms with Gasteiger partial charge in [0.1, 0.15) is 10.3 Å². The molecule has 0 aromatic heterocycles. The lowest BCUT2D eigenvalue weighted by Gasteiger charge is -2.11. The summed E-state index contributed by atoms with van der Waals surface area (Å²) in [7, 11) is -3.65. The van der Waals surface area contributed by atoms with Gasteiger partial charge in [0, 0.05) is 0 Å². The molecule has 0 rings (SSSR count). The summed E-state index contributed by atoms with van der Waals surface area (Å²) in [6, 6.07) is 0. The van der Waals surface area contributed by atoms with Gasteiger partial charge in [0.25, 0.3) is 0 Å². The van der Waals surface area contributed by atoms with Crippen LogP contribution in [-0.4, -0.2) is 11.1 Å². The first-order chi connectivity index (χ1) is 5.39. The van der Waals surface area contributed by atoms with Crippen LogP contribution in [0.15, 0.2) is 22.9 Å². The predicted octanol–water partition coefficient (Wildman–Crippen LogP) is 3.04. The topological polar surface area (TPSA) is 46.5 Å². The standard InChI is InChI=1S/C6H9Cl2O3P/c1-3-4-12(9,10)11-5(2)6(7)8/h3H,1,4H2,2H3,(H,9,10). The van der Waals surface area contributed by atoms with Gasteiger partial charge in [-0.2, -0.15) is 0 Å². The highest BCUT2D eigenvalue weighted by atomic mass is 35.5. The van der Waals surface area contributed by atoms with Gasteiger partial charge < -0.3 is 9.42 Å². The summed E-state index contributed by atoms with van der Waals surface area (Å²) in [6.07, 6.45) is 1.15. The Labute approximate surface area is 81.2 Å². The minimum atomic E-state index is -3.65. The molecular formula is C6H9Cl2O3P. The summed E-state index contributed by atoms with van der Waals surface area (Å²) in [5.74, 6) is 0.0333. The highest BCUT2D eigenvalue weighted by Crippen LogP contribution is 2.45. The van der Waals surface area contributed by atoms with Crippen LogP contribution in [0.3, 0.4) is 0 Å². The molecule has 0 aromatic rings. The molecule has 1 N–H and O–H groups in total. The first kappa shape index (κ1) is 12.0. The second-order valence-electron chi connectivity index (χ2n) is 2.02. The van der Waals surface area contributed by atoms with E-state index in [9.17, 15) is 4.57 Å². The number of hydrogen-bond acceptors (Lipinski definition) is 2. The van der Waals surface area contributed by atoms with Gasteiger partial charge in [-0.05, 0) is 6.92 Å². The van der Waals surface area contributed by atoms with Crippen molar-refractivity contribution in [3.63, 3.8) is 0 Å². The predicted molar refractivity (Wildman–Crippen MR) is 50.4 cm³/mol. The lowest BCUT2D eigenvalue weighted by Crippen LogP contribution is -1.91. The Morgan fingerprint density at radius 3 is 2.58 bits per heavy atom. The summed E-state index contributed by atoms with van der Waals surface area (Å²) < 4.78 is 15.5. The van der Waals surface area contributed by atoms with Crippen LogP contribution in [0.25, 0.3) is 0 Å². The van der Waals surface area contributed by atoms with Gasteiger partial charge in [-0.1, -0.05) is 29.3 Å². The van der Waals surface area contributed by atoms with Crippen molar-refractivity contribution in [2.45, 2.75) is 6.92 Å². The van der Waals surface area contributed by atoms with Crippen LogP contribution in [0.1, 0.15) is 6.92 Å². The smallest absolute Gasteiger partial charge is 0.380 e. The van der Waals surface area contributed by atoms with Crippen LogP contribution in [0.2, 0.25) is 0 Å². The molecular weight excluding hydrogens is 222 g/mol. The summed E-state index contributed by atoms with van der Waals surface area (Å²) in [6.45, 7) is 4.71. The van der Waals surface area contributed by atoms with Crippen LogP contribution in [0.4, 0.5) is 0 Å². The van der Waals surface area contributed by atoms with E-state index in [1.54, 1.807) is 0 Å². The summed E-state index contributed by atoms with van der Waals surface area (Å²) in [4.78, 5) is 9.04. The number of hydrogen-bond donors (Lipinski definition) is 1. The summed E-state index contributed by atoms with van der Waals surface area (Å²) >= 11 is 10.6. The monoisotopic (exact) mass is 230 g/mol. The molecule has 3 nitrogen and oxygen atoms in total. The summed E-state index contributed by atoms with van der Waals surface area (Å²) in [5.41, 5.74) is 0. The normalized spacial score (nSPS) is 14.7. The molecule has 0 bridgehead atoms. The Bertz CT molecular complexity index is 245. The van der Waals surface area contributed by atoms with E-state index in [4.69, 9.17) is 28.1 Å². The maximum atomic E-state index is 11.0. The maximum Gasteiger partial charge on any atom is 0.380 e. The van der Waals surface area contributed by atoms with Crippen molar-refractivity contribution in [2.24, 2.45) is 0 Å². The molecule has 70 valence electrons. The lowest BCUT2D eigenvalue weighted by molar-refractivity contribution is 0.328. The molecule has 0 fully saturated rings. The van der Waals surface area contributed by atoms with E-state index in [0.29, 0.717) is 0 Å². The maximum absolute atomic E-state index is 11.0. The van der Waals surface area contributed by atoms with Gasteiger partial charge in [-0.3, -0.25) is 0 Å². The second-order valence-corrected chi connectivity index (χ2v) is 4.79. The molecule has 0 aromatic carbocycles. The molecule has 1 atom stereocenters. The van der Waals surface area contributed by atoms with Crippen molar-refractivity contribution in [3.05, 3.63) is 22.9 Å². The first-order valence-electron chi connectivity index (χ1n) is 3.03. The molecule has 0 aliphatic rings. The zero-order valence-corrected chi connectivity index (χ0v) is 8.86. The van der Waals surface area contributed by atoms with Crippen molar-refractivity contribution in [3.8, 4) is 0 Å². The third kappa shape index (κ3) is 4.83. The average Bonchev–Trinajstić information content (AvgIpc) is 1.85. The molecule has 0 saturated heterocycles. The van der Waals surface area contributed by atoms with E-state index in [0.717, 1.165) is 0 Å². The highest BCUT2D eigenvalue weighted by molar-refractivity contribution is 7.53. The van der Waals surface area contributed by atoms with E-state index in [2.05, 4.69) is 11.1 Å². The molecule has 6 heteroatoms. The molecule has 0 amide bonds. The molecule has 0 radical (unpaired) electrons.